The largest absolute Gasteiger partial charge is 0.395 e. The second-order valence-electron chi connectivity index (χ2n) is 0.956. The third-order valence-electron chi connectivity index (χ3n) is 0.388. The van der Waals surface area contributed by atoms with Gasteiger partial charge < -0.3 is 10.4 Å². The van der Waals surface area contributed by atoms with Crippen molar-refractivity contribution in [1.82, 2.24) is 5.32 Å². The molecular formula is C3H7NOS2. The number of thiol groups is 1. The number of thiocarbonyl (C=S) groups is 1. The zero-order valence-electron chi connectivity index (χ0n) is 3.72. The maximum absolute atomic E-state index is 8.16. The van der Waals surface area contributed by atoms with E-state index in [1.54, 1.807) is 0 Å². The van der Waals surface area contributed by atoms with Crippen LogP contribution in [0.1, 0.15) is 0 Å². The Morgan fingerprint density at radius 1 is 1.86 bits per heavy atom. The first kappa shape index (κ1) is 7.20. The van der Waals surface area contributed by atoms with Crippen LogP contribution < -0.4 is 5.32 Å². The van der Waals surface area contributed by atoms with Gasteiger partial charge in [0.1, 0.15) is 4.32 Å². The fourth-order valence-electron chi connectivity index (χ4n) is 0.163. The van der Waals surface area contributed by atoms with Gasteiger partial charge in [-0.1, -0.05) is 12.2 Å². The number of rotatable bonds is 2. The molecule has 0 aromatic carbocycles. The molecule has 0 fully saturated rings. The van der Waals surface area contributed by atoms with Crippen LogP contribution in [0.3, 0.4) is 0 Å². The number of hydrogen-bond donors (Lipinski definition) is 3. The highest BCUT2D eigenvalue weighted by Crippen LogP contribution is 1.73. The predicted octanol–water partition coefficient (Wildman–Crippen LogP) is -0.217. The van der Waals surface area contributed by atoms with Crippen molar-refractivity contribution in [3.05, 3.63) is 0 Å². The van der Waals surface area contributed by atoms with Gasteiger partial charge in [-0.2, -0.15) is 0 Å². The van der Waals surface area contributed by atoms with Gasteiger partial charge in [0.15, 0.2) is 0 Å². The summed E-state index contributed by atoms with van der Waals surface area (Å²) in [4.78, 5) is 0. The Kier molecular flexibility index (Phi) is 4.49. The molecule has 0 spiro atoms. The van der Waals surface area contributed by atoms with Gasteiger partial charge in [0.2, 0.25) is 0 Å². The van der Waals surface area contributed by atoms with E-state index in [1.807, 2.05) is 0 Å². The molecule has 7 heavy (non-hydrogen) atoms. The smallest absolute Gasteiger partial charge is 0.130 e. The Morgan fingerprint density at radius 2 is 2.43 bits per heavy atom. The molecule has 0 bridgehead atoms. The monoisotopic (exact) mass is 137 g/mol. The second kappa shape index (κ2) is 4.36. The molecule has 0 heterocycles. The number of hydrogen-bond acceptors (Lipinski definition) is 2. The minimum atomic E-state index is 0.0979. The van der Waals surface area contributed by atoms with Gasteiger partial charge in [0, 0.05) is 6.54 Å². The molecule has 0 atom stereocenters. The lowest BCUT2D eigenvalue weighted by atomic mass is 10.7. The molecule has 0 unspecified atom stereocenters. The van der Waals surface area contributed by atoms with E-state index in [2.05, 4.69) is 30.2 Å². The molecule has 42 valence electrons. The van der Waals surface area contributed by atoms with Gasteiger partial charge in [-0.15, -0.1) is 12.6 Å². The van der Waals surface area contributed by atoms with Gasteiger partial charge >= 0.3 is 0 Å². The Labute approximate surface area is 53.3 Å². The average Bonchev–Trinajstić information content (AvgIpc) is 1.61. The van der Waals surface area contributed by atoms with Gasteiger partial charge in [0.05, 0.1) is 6.61 Å². The summed E-state index contributed by atoms with van der Waals surface area (Å²) in [5.41, 5.74) is 0. The Bertz CT molecular complexity index is 66.0. The Balaban J connectivity index is 2.82. The molecule has 0 amide bonds. The van der Waals surface area contributed by atoms with E-state index in [-0.39, 0.29) is 6.61 Å². The van der Waals surface area contributed by atoms with E-state index < -0.39 is 0 Å². The summed E-state index contributed by atoms with van der Waals surface area (Å²) < 4.78 is 0.425. The summed E-state index contributed by atoms with van der Waals surface area (Å²) >= 11 is 8.24. The molecule has 4 heteroatoms. The highest BCUT2D eigenvalue weighted by atomic mass is 32.1. The van der Waals surface area contributed by atoms with Crippen molar-refractivity contribution in [2.24, 2.45) is 0 Å². The number of aliphatic hydroxyl groups excluding tert-OH is 1. The van der Waals surface area contributed by atoms with Gasteiger partial charge in [0.25, 0.3) is 0 Å². The van der Waals surface area contributed by atoms with Crippen LogP contribution >= 0.6 is 24.8 Å². The van der Waals surface area contributed by atoms with Crippen LogP contribution in [0.15, 0.2) is 0 Å². The van der Waals surface area contributed by atoms with Crippen molar-refractivity contribution in [2.45, 2.75) is 0 Å². The fourth-order valence-corrected chi connectivity index (χ4v) is 0.377. The van der Waals surface area contributed by atoms with E-state index in [4.69, 9.17) is 5.11 Å². The van der Waals surface area contributed by atoms with Crippen molar-refractivity contribution in [3.63, 3.8) is 0 Å². The molecule has 0 aliphatic heterocycles. The summed E-state index contributed by atoms with van der Waals surface area (Å²) in [6.07, 6.45) is 0. The molecule has 0 radical (unpaired) electrons. The first-order chi connectivity index (χ1) is 3.27. The normalized spacial score (nSPS) is 8.29. The van der Waals surface area contributed by atoms with Crippen molar-refractivity contribution in [1.29, 1.82) is 0 Å². The lowest BCUT2D eigenvalue weighted by Crippen LogP contribution is -2.19. The SMILES string of the molecule is OCCNC(=S)S. The van der Waals surface area contributed by atoms with E-state index in [9.17, 15) is 0 Å². The summed E-state index contributed by atoms with van der Waals surface area (Å²) in [6.45, 7) is 0.586. The first-order valence-electron chi connectivity index (χ1n) is 1.85. The molecule has 0 aromatic rings. The summed E-state index contributed by atoms with van der Waals surface area (Å²) in [5, 5.41) is 10.8. The molecule has 0 aromatic heterocycles. The van der Waals surface area contributed by atoms with Gasteiger partial charge in [-0.25, -0.2) is 0 Å². The van der Waals surface area contributed by atoms with E-state index in [0.29, 0.717) is 10.9 Å². The highest BCUT2D eigenvalue weighted by Gasteiger charge is 1.80. The van der Waals surface area contributed by atoms with Crippen LogP contribution in [-0.4, -0.2) is 22.6 Å². The Morgan fingerprint density at radius 3 is 2.57 bits per heavy atom. The Hall–Kier alpha value is 0.200. The van der Waals surface area contributed by atoms with E-state index in [1.165, 1.54) is 0 Å². The highest BCUT2D eigenvalue weighted by molar-refractivity contribution is 8.11. The third-order valence-corrected chi connectivity index (χ3v) is 0.690. The van der Waals surface area contributed by atoms with Gasteiger partial charge in [-0.3, -0.25) is 0 Å². The predicted molar refractivity (Wildman–Crippen MR) is 36.7 cm³/mol. The minimum absolute atomic E-state index is 0.0979. The zero-order chi connectivity index (χ0) is 5.70. The molecule has 0 saturated heterocycles. The minimum Gasteiger partial charge on any atom is -0.395 e. The van der Waals surface area contributed by atoms with Crippen LogP contribution in [0.25, 0.3) is 0 Å². The lowest BCUT2D eigenvalue weighted by Gasteiger charge is -1.95. The van der Waals surface area contributed by atoms with Crippen molar-refractivity contribution < 1.29 is 5.11 Å². The summed E-state index contributed by atoms with van der Waals surface area (Å²) in [5.74, 6) is 0. The second-order valence-corrected chi connectivity index (χ2v) is 2.11. The molecule has 0 rings (SSSR count). The van der Waals surface area contributed by atoms with Crippen LogP contribution in [-0.2, 0) is 0 Å². The fraction of sp³-hybridized carbons (Fsp3) is 0.667. The van der Waals surface area contributed by atoms with Crippen LogP contribution in [0.2, 0.25) is 0 Å². The topological polar surface area (TPSA) is 32.3 Å². The lowest BCUT2D eigenvalue weighted by molar-refractivity contribution is 0.301. The van der Waals surface area contributed by atoms with E-state index >= 15 is 0 Å². The average molecular weight is 137 g/mol. The molecule has 0 aliphatic carbocycles. The zero-order valence-corrected chi connectivity index (χ0v) is 5.43. The molecule has 2 N–H and O–H groups in total. The molecule has 0 saturated carbocycles. The number of nitrogens with one attached hydrogen (secondary N) is 1. The maximum atomic E-state index is 8.16. The molecule has 2 nitrogen and oxygen atoms in total. The quantitative estimate of drug-likeness (QED) is 0.363. The summed E-state index contributed by atoms with van der Waals surface area (Å²) in [7, 11) is 0. The molecule has 0 aliphatic rings. The van der Waals surface area contributed by atoms with Crippen LogP contribution in [0.5, 0.6) is 0 Å². The number of aliphatic hydroxyl groups is 1. The maximum Gasteiger partial charge on any atom is 0.130 e. The van der Waals surface area contributed by atoms with Crippen LogP contribution in [0.4, 0.5) is 0 Å². The van der Waals surface area contributed by atoms with Crippen molar-refractivity contribution in [3.8, 4) is 0 Å². The third kappa shape index (κ3) is 6.20. The van der Waals surface area contributed by atoms with Crippen LogP contribution in [0, 0.1) is 0 Å². The van der Waals surface area contributed by atoms with E-state index in [0.717, 1.165) is 0 Å². The standard InChI is InChI=1S/C3H7NOS2/c5-2-1-4-3(6)7/h5H,1-2H2,(H2,4,6,7). The first-order valence-corrected chi connectivity index (χ1v) is 2.70. The van der Waals surface area contributed by atoms with Crippen molar-refractivity contribution in [2.75, 3.05) is 13.2 Å². The van der Waals surface area contributed by atoms with Crippen molar-refractivity contribution >= 4 is 29.2 Å². The summed E-state index contributed by atoms with van der Waals surface area (Å²) in [6, 6.07) is 0. The molecular weight excluding hydrogens is 130 g/mol. The van der Waals surface area contributed by atoms with Gasteiger partial charge in [-0.05, 0) is 0 Å².